The quantitative estimate of drug-likeness (QED) is 0.833. The molecule has 2 rings (SSSR count). The van der Waals surface area contributed by atoms with Gasteiger partial charge in [0.25, 0.3) is 0 Å². The Morgan fingerprint density at radius 2 is 1.80 bits per heavy atom. The molecule has 6 nitrogen and oxygen atoms in total. The van der Waals surface area contributed by atoms with Gasteiger partial charge < -0.3 is 14.9 Å². The van der Waals surface area contributed by atoms with Gasteiger partial charge in [0.2, 0.25) is 0 Å². The molecule has 0 aliphatic heterocycles. The normalized spacial score (nSPS) is 10.7. The molecule has 0 atom stereocenters. The monoisotopic (exact) mass is 272 g/mol. The van der Waals surface area contributed by atoms with Crippen LogP contribution in [-0.2, 0) is 0 Å². The van der Waals surface area contributed by atoms with Gasteiger partial charge in [-0.3, -0.25) is 0 Å². The Hall–Kier alpha value is -2.89. The van der Waals surface area contributed by atoms with Crippen molar-refractivity contribution in [3.63, 3.8) is 0 Å². The van der Waals surface area contributed by atoms with Crippen LogP contribution in [0.1, 0.15) is 10.4 Å². The van der Waals surface area contributed by atoms with E-state index >= 15 is 0 Å². The van der Waals surface area contributed by atoms with E-state index in [1.54, 1.807) is 18.2 Å². The Bertz CT molecular complexity index is 668. The largest absolute Gasteiger partial charge is 0.508 e. The molecule has 2 aromatic carbocycles. The lowest BCUT2D eigenvalue weighted by Gasteiger charge is -2.04. The number of carboxylic acids is 1. The topological polar surface area (TPSA) is 91.5 Å². The molecule has 2 N–H and O–H groups in total. The minimum Gasteiger partial charge on any atom is -0.508 e. The number of ether oxygens (including phenoxy) is 1. The molecule has 2 aromatic rings. The fraction of sp³-hybridized carbons (Fsp3) is 0.0714. The molecule has 0 saturated carbocycles. The van der Waals surface area contributed by atoms with Crippen molar-refractivity contribution in [2.45, 2.75) is 0 Å². The number of aromatic carboxylic acids is 1. The lowest BCUT2D eigenvalue weighted by atomic mass is 10.2. The third-order valence-electron chi connectivity index (χ3n) is 2.56. The van der Waals surface area contributed by atoms with E-state index in [4.69, 9.17) is 9.84 Å². The molecule has 0 aliphatic carbocycles. The maximum atomic E-state index is 11.0. The van der Waals surface area contributed by atoms with Gasteiger partial charge in [-0.05, 0) is 24.3 Å². The predicted octanol–water partition coefficient (Wildman–Crippen LogP) is 3.51. The molecule has 0 spiro atoms. The molecule has 0 heterocycles. The Morgan fingerprint density at radius 1 is 1.10 bits per heavy atom. The molecule has 0 saturated heterocycles. The van der Waals surface area contributed by atoms with Crippen LogP contribution in [0.15, 0.2) is 52.7 Å². The molecule has 102 valence electrons. The molecule has 6 heteroatoms. The highest BCUT2D eigenvalue weighted by Gasteiger charge is 2.09. The van der Waals surface area contributed by atoms with Crippen LogP contribution in [0.25, 0.3) is 0 Å². The van der Waals surface area contributed by atoms with Crippen molar-refractivity contribution in [3.8, 4) is 11.5 Å². The van der Waals surface area contributed by atoms with Gasteiger partial charge in [0.15, 0.2) is 0 Å². The second-order valence-corrected chi connectivity index (χ2v) is 3.88. The van der Waals surface area contributed by atoms with Gasteiger partial charge in [-0.2, -0.15) is 0 Å². The molecule has 0 aliphatic rings. The summed E-state index contributed by atoms with van der Waals surface area (Å²) >= 11 is 0. The van der Waals surface area contributed by atoms with Crippen LogP contribution < -0.4 is 4.74 Å². The summed E-state index contributed by atoms with van der Waals surface area (Å²) in [6.45, 7) is 0. The van der Waals surface area contributed by atoms with E-state index in [0.717, 1.165) is 0 Å². The van der Waals surface area contributed by atoms with Crippen LogP contribution in [0.4, 0.5) is 11.4 Å². The third-order valence-corrected chi connectivity index (χ3v) is 2.56. The van der Waals surface area contributed by atoms with Gasteiger partial charge in [0.1, 0.15) is 22.9 Å². The first-order valence-corrected chi connectivity index (χ1v) is 5.73. The van der Waals surface area contributed by atoms with Gasteiger partial charge in [0, 0.05) is 6.07 Å². The number of nitrogens with zero attached hydrogens (tertiary/aromatic N) is 2. The van der Waals surface area contributed by atoms with Crippen LogP contribution >= 0.6 is 0 Å². The lowest BCUT2D eigenvalue weighted by molar-refractivity contribution is 0.0697. The van der Waals surface area contributed by atoms with E-state index in [2.05, 4.69) is 10.2 Å². The summed E-state index contributed by atoms with van der Waals surface area (Å²) in [6, 6.07) is 10.7. The minimum atomic E-state index is -1.07. The number of rotatable bonds is 4. The lowest BCUT2D eigenvalue weighted by Crippen LogP contribution is -1.95. The number of methoxy groups -OCH3 is 1. The first-order valence-electron chi connectivity index (χ1n) is 5.73. The van der Waals surface area contributed by atoms with E-state index in [-0.39, 0.29) is 17.0 Å². The third kappa shape index (κ3) is 2.92. The van der Waals surface area contributed by atoms with Crippen LogP contribution in [0.2, 0.25) is 0 Å². The summed E-state index contributed by atoms with van der Waals surface area (Å²) in [5.74, 6) is -0.675. The number of phenols is 1. The Morgan fingerprint density at radius 3 is 2.50 bits per heavy atom. The molecule has 0 bridgehead atoms. The average molecular weight is 272 g/mol. The molecular formula is C14H12N2O4. The van der Waals surface area contributed by atoms with Crippen molar-refractivity contribution in [2.75, 3.05) is 7.11 Å². The number of carbonyl (C=O) groups is 1. The summed E-state index contributed by atoms with van der Waals surface area (Å²) < 4.78 is 5.06. The molecule has 0 unspecified atom stereocenters. The van der Waals surface area contributed by atoms with Crippen LogP contribution in [-0.4, -0.2) is 23.3 Å². The zero-order chi connectivity index (χ0) is 14.5. The second-order valence-electron chi connectivity index (χ2n) is 3.88. The number of phenolic OH excluding ortho intramolecular Hbond substituents is 1. The van der Waals surface area contributed by atoms with E-state index in [1.165, 1.54) is 31.4 Å². The smallest absolute Gasteiger partial charge is 0.337 e. The summed E-state index contributed by atoms with van der Waals surface area (Å²) in [5, 5.41) is 26.3. The van der Waals surface area contributed by atoms with Gasteiger partial charge in [-0.1, -0.05) is 12.1 Å². The highest BCUT2D eigenvalue weighted by molar-refractivity contribution is 5.93. The van der Waals surface area contributed by atoms with Crippen molar-refractivity contribution < 1.29 is 19.7 Å². The van der Waals surface area contributed by atoms with Crippen LogP contribution in [0.5, 0.6) is 11.5 Å². The van der Waals surface area contributed by atoms with Crippen molar-refractivity contribution in [1.82, 2.24) is 0 Å². The summed E-state index contributed by atoms with van der Waals surface area (Å²) in [6.07, 6.45) is 0. The van der Waals surface area contributed by atoms with E-state index in [9.17, 15) is 9.90 Å². The van der Waals surface area contributed by atoms with Crippen LogP contribution in [0, 0.1) is 0 Å². The van der Waals surface area contributed by atoms with Gasteiger partial charge in [-0.25, -0.2) is 4.79 Å². The molecule has 0 aromatic heterocycles. The predicted molar refractivity (Wildman–Crippen MR) is 72.2 cm³/mol. The number of carboxylic acid groups (broad SMARTS) is 1. The molecule has 0 fully saturated rings. The van der Waals surface area contributed by atoms with Crippen molar-refractivity contribution >= 4 is 17.3 Å². The summed E-state index contributed by atoms with van der Waals surface area (Å²) in [5.41, 5.74) is 0.703. The zero-order valence-electron chi connectivity index (χ0n) is 10.6. The standard InChI is InChI=1S/C14H12N2O4/c1-20-13-8-9(17)6-7-12(13)16-15-11-5-3-2-4-10(11)14(18)19/h2-8,17H,1H3,(H,18,19). The van der Waals surface area contributed by atoms with Gasteiger partial charge in [0.05, 0.1) is 12.7 Å². The second kappa shape index (κ2) is 5.83. The Balaban J connectivity index is 2.37. The van der Waals surface area contributed by atoms with E-state index in [1.807, 2.05) is 0 Å². The molecule has 0 radical (unpaired) electrons. The van der Waals surface area contributed by atoms with Crippen LogP contribution in [0.3, 0.4) is 0 Å². The molecular weight excluding hydrogens is 260 g/mol. The fourth-order valence-electron chi connectivity index (χ4n) is 1.60. The number of hydrogen-bond donors (Lipinski definition) is 2. The first kappa shape index (κ1) is 13.5. The zero-order valence-corrected chi connectivity index (χ0v) is 10.6. The van der Waals surface area contributed by atoms with Crippen molar-refractivity contribution in [1.29, 1.82) is 0 Å². The van der Waals surface area contributed by atoms with Crippen molar-refractivity contribution in [3.05, 3.63) is 48.0 Å². The fourth-order valence-corrected chi connectivity index (χ4v) is 1.60. The minimum absolute atomic E-state index is 0.0479. The Labute approximate surface area is 115 Å². The van der Waals surface area contributed by atoms with Crippen molar-refractivity contribution in [2.24, 2.45) is 10.2 Å². The number of benzene rings is 2. The van der Waals surface area contributed by atoms with Gasteiger partial charge >= 0.3 is 5.97 Å². The average Bonchev–Trinajstić information content (AvgIpc) is 2.46. The van der Waals surface area contributed by atoms with E-state index in [0.29, 0.717) is 11.4 Å². The maximum absolute atomic E-state index is 11.0. The first-order chi connectivity index (χ1) is 9.61. The highest BCUT2D eigenvalue weighted by Crippen LogP contribution is 2.32. The number of hydrogen-bond acceptors (Lipinski definition) is 5. The number of aromatic hydroxyl groups is 1. The summed E-state index contributed by atoms with van der Waals surface area (Å²) in [4.78, 5) is 11.0. The molecule has 0 amide bonds. The maximum Gasteiger partial charge on any atom is 0.337 e. The SMILES string of the molecule is COc1cc(O)ccc1N=Nc1ccccc1C(=O)O. The van der Waals surface area contributed by atoms with Gasteiger partial charge in [-0.15, -0.1) is 10.2 Å². The summed E-state index contributed by atoms with van der Waals surface area (Å²) in [7, 11) is 1.44. The number of azo groups is 1. The van der Waals surface area contributed by atoms with E-state index < -0.39 is 5.97 Å². The highest BCUT2D eigenvalue weighted by atomic mass is 16.5. The Kier molecular flexibility index (Phi) is 3.95. The molecule has 20 heavy (non-hydrogen) atoms.